The Morgan fingerprint density at radius 3 is 2.71 bits per heavy atom. The smallest absolute Gasteiger partial charge is 0.191 e. The maximum Gasteiger partial charge on any atom is 0.191 e. The van der Waals surface area contributed by atoms with Gasteiger partial charge in [-0.2, -0.15) is 0 Å². The highest BCUT2D eigenvalue weighted by atomic mass is 19.1. The fourth-order valence-corrected chi connectivity index (χ4v) is 3.05. The molecular weight excluding hydrogens is 312 g/mol. The van der Waals surface area contributed by atoms with Gasteiger partial charge in [0, 0.05) is 33.9 Å². The first-order valence-corrected chi connectivity index (χ1v) is 8.46. The molecule has 4 nitrogen and oxygen atoms in total. The number of guanidine groups is 1. The molecule has 0 saturated heterocycles. The normalized spacial score (nSPS) is 16.6. The van der Waals surface area contributed by atoms with Crippen LogP contribution in [0, 0.1) is 17.0 Å². The summed E-state index contributed by atoms with van der Waals surface area (Å²) in [7, 11) is 3.44. The predicted octanol–water partition coefficient (Wildman–Crippen LogP) is 2.88. The maximum absolute atomic E-state index is 13.6. The molecule has 1 saturated carbocycles. The van der Waals surface area contributed by atoms with Gasteiger partial charge in [-0.15, -0.1) is 0 Å². The Labute approximate surface area is 142 Å². The molecule has 1 fully saturated rings. The predicted molar refractivity (Wildman–Crippen MR) is 92.2 cm³/mol. The van der Waals surface area contributed by atoms with Crippen molar-refractivity contribution < 1.29 is 13.5 Å². The molecule has 0 aliphatic heterocycles. The molecule has 0 heterocycles. The van der Waals surface area contributed by atoms with E-state index in [0.717, 1.165) is 31.7 Å². The van der Waals surface area contributed by atoms with E-state index in [1.165, 1.54) is 25.3 Å². The minimum absolute atomic E-state index is 0.294. The highest BCUT2D eigenvalue weighted by Gasteiger charge is 2.36. The summed E-state index contributed by atoms with van der Waals surface area (Å²) in [6.07, 6.45) is 5.11. The summed E-state index contributed by atoms with van der Waals surface area (Å²) < 4.78 is 32.0. The van der Waals surface area contributed by atoms with Gasteiger partial charge < -0.3 is 15.4 Å². The summed E-state index contributed by atoms with van der Waals surface area (Å²) in [5.41, 5.74) is 0.663. The van der Waals surface area contributed by atoms with E-state index >= 15 is 0 Å². The van der Waals surface area contributed by atoms with Gasteiger partial charge in [0.05, 0.1) is 0 Å². The van der Waals surface area contributed by atoms with E-state index in [2.05, 4.69) is 15.6 Å². The van der Waals surface area contributed by atoms with Crippen molar-refractivity contribution in [3.05, 3.63) is 35.4 Å². The van der Waals surface area contributed by atoms with Gasteiger partial charge in [-0.05, 0) is 54.9 Å². The first-order valence-electron chi connectivity index (χ1n) is 8.46. The van der Waals surface area contributed by atoms with Crippen LogP contribution in [0.25, 0.3) is 0 Å². The monoisotopic (exact) mass is 339 g/mol. The summed E-state index contributed by atoms with van der Waals surface area (Å²) in [5, 5.41) is 6.51. The Hall–Kier alpha value is -1.69. The summed E-state index contributed by atoms with van der Waals surface area (Å²) in [4.78, 5) is 4.20. The number of rotatable bonds is 8. The molecule has 1 aliphatic carbocycles. The van der Waals surface area contributed by atoms with Gasteiger partial charge in [-0.1, -0.05) is 6.42 Å². The van der Waals surface area contributed by atoms with Gasteiger partial charge in [0.1, 0.15) is 11.6 Å². The number of aliphatic imine (C=N–C) groups is 1. The second-order valence-electron chi connectivity index (χ2n) is 6.43. The molecule has 134 valence electrons. The average Bonchev–Trinajstić information content (AvgIpc) is 2.54. The minimum atomic E-state index is -0.418. The van der Waals surface area contributed by atoms with Crippen molar-refractivity contribution in [2.75, 3.05) is 33.9 Å². The number of methoxy groups -OCH3 is 1. The Bertz CT molecular complexity index is 559. The Kier molecular flexibility index (Phi) is 6.97. The molecule has 0 bridgehead atoms. The fraction of sp³-hybridized carbons (Fsp3) is 0.611. The third-order valence-corrected chi connectivity index (χ3v) is 4.80. The van der Waals surface area contributed by atoms with Crippen molar-refractivity contribution in [3.63, 3.8) is 0 Å². The molecule has 0 atom stereocenters. The number of ether oxygens (including phenoxy) is 1. The number of nitrogens with zero attached hydrogens (tertiary/aromatic N) is 1. The van der Waals surface area contributed by atoms with Crippen LogP contribution in [0.5, 0.6) is 0 Å². The summed E-state index contributed by atoms with van der Waals surface area (Å²) >= 11 is 0. The number of halogens is 2. The van der Waals surface area contributed by atoms with Gasteiger partial charge in [0.15, 0.2) is 5.96 Å². The summed E-state index contributed by atoms with van der Waals surface area (Å²) in [5.74, 6) is -0.108. The van der Waals surface area contributed by atoms with E-state index < -0.39 is 5.82 Å². The number of hydrogen-bond acceptors (Lipinski definition) is 2. The SMILES string of the molecule is CN=C(NCCc1cc(F)ccc1F)NCC1(CCOC)CCC1. The van der Waals surface area contributed by atoms with Gasteiger partial charge in [-0.25, -0.2) is 8.78 Å². The van der Waals surface area contributed by atoms with Gasteiger partial charge in [0.25, 0.3) is 0 Å². The molecule has 2 N–H and O–H groups in total. The van der Waals surface area contributed by atoms with Crippen molar-refractivity contribution in [1.82, 2.24) is 10.6 Å². The van der Waals surface area contributed by atoms with Crippen molar-refractivity contribution in [3.8, 4) is 0 Å². The van der Waals surface area contributed by atoms with Crippen LogP contribution < -0.4 is 10.6 Å². The standard InChI is InChI=1S/C18H27F2N3O/c1-21-17(23-13-18(7-3-8-18)9-11-24-2)22-10-6-14-12-15(19)4-5-16(14)20/h4-5,12H,3,6-11,13H2,1-2H3,(H2,21,22,23). The minimum Gasteiger partial charge on any atom is -0.385 e. The van der Waals surface area contributed by atoms with Crippen LogP contribution in [-0.4, -0.2) is 39.8 Å². The van der Waals surface area contributed by atoms with E-state index in [9.17, 15) is 8.78 Å². The van der Waals surface area contributed by atoms with E-state index in [-0.39, 0.29) is 5.82 Å². The van der Waals surface area contributed by atoms with Crippen LogP contribution in [0.4, 0.5) is 8.78 Å². The lowest BCUT2D eigenvalue weighted by molar-refractivity contribution is 0.0732. The molecule has 0 radical (unpaired) electrons. The number of benzene rings is 1. The highest BCUT2D eigenvalue weighted by Crippen LogP contribution is 2.43. The zero-order chi connectivity index (χ0) is 17.4. The lowest BCUT2D eigenvalue weighted by Gasteiger charge is -2.42. The Balaban J connectivity index is 1.77. The van der Waals surface area contributed by atoms with E-state index in [1.54, 1.807) is 14.2 Å². The van der Waals surface area contributed by atoms with Gasteiger partial charge >= 0.3 is 0 Å². The van der Waals surface area contributed by atoms with Crippen LogP contribution in [0.3, 0.4) is 0 Å². The summed E-state index contributed by atoms with van der Waals surface area (Å²) in [6, 6.07) is 3.53. The first kappa shape index (κ1) is 18.6. The Morgan fingerprint density at radius 2 is 2.08 bits per heavy atom. The Morgan fingerprint density at radius 1 is 1.29 bits per heavy atom. The third kappa shape index (κ3) is 5.16. The van der Waals surface area contributed by atoms with Crippen molar-refractivity contribution in [2.24, 2.45) is 10.4 Å². The van der Waals surface area contributed by atoms with E-state index in [0.29, 0.717) is 29.9 Å². The van der Waals surface area contributed by atoms with Crippen LogP contribution in [0.1, 0.15) is 31.2 Å². The molecule has 24 heavy (non-hydrogen) atoms. The van der Waals surface area contributed by atoms with E-state index in [1.807, 2.05) is 0 Å². The lowest BCUT2D eigenvalue weighted by Crippen LogP contribution is -2.47. The fourth-order valence-electron chi connectivity index (χ4n) is 3.05. The van der Waals surface area contributed by atoms with Gasteiger partial charge in [-0.3, -0.25) is 4.99 Å². The van der Waals surface area contributed by atoms with Crippen LogP contribution >= 0.6 is 0 Å². The zero-order valence-corrected chi connectivity index (χ0v) is 14.5. The highest BCUT2D eigenvalue weighted by molar-refractivity contribution is 5.79. The molecule has 0 spiro atoms. The van der Waals surface area contributed by atoms with Crippen LogP contribution in [0.15, 0.2) is 23.2 Å². The summed E-state index contributed by atoms with van der Waals surface area (Å²) in [6.45, 7) is 2.11. The molecule has 1 aromatic rings. The molecule has 1 aromatic carbocycles. The number of nitrogens with one attached hydrogen (secondary N) is 2. The maximum atomic E-state index is 13.6. The second-order valence-corrected chi connectivity index (χ2v) is 6.43. The second kappa shape index (κ2) is 8.97. The molecule has 6 heteroatoms. The topological polar surface area (TPSA) is 45.7 Å². The largest absolute Gasteiger partial charge is 0.385 e. The molecule has 1 aliphatic rings. The quantitative estimate of drug-likeness (QED) is 0.565. The molecule has 0 aromatic heterocycles. The zero-order valence-electron chi connectivity index (χ0n) is 14.5. The number of hydrogen-bond donors (Lipinski definition) is 2. The van der Waals surface area contributed by atoms with Crippen molar-refractivity contribution in [2.45, 2.75) is 32.1 Å². The average molecular weight is 339 g/mol. The van der Waals surface area contributed by atoms with Crippen LogP contribution in [0.2, 0.25) is 0 Å². The van der Waals surface area contributed by atoms with Crippen LogP contribution in [-0.2, 0) is 11.2 Å². The lowest BCUT2D eigenvalue weighted by atomic mass is 9.67. The molecular formula is C18H27F2N3O. The third-order valence-electron chi connectivity index (χ3n) is 4.80. The molecule has 0 unspecified atom stereocenters. The first-order chi connectivity index (χ1) is 11.6. The molecule has 0 amide bonds. The van der Waals surface area contributed by atoms with E-state index in [4.69, 9.17) is 4.74 Å². The van der Waals surface area contributed by atoms with Gasteiger partial charge in [0.2, 0.25) is 0 Å². The van der Waals surface area contributed by atoms with Crippen molar-refractivity contribution in [1.29, 1.82) is 0 Å². The molecule has 2 rings (SSSR count). The van der Waals surface area contributed by atoms with Crippen molar-refractivity contribution >= 4 is 5.96 Å².